The zero-order chi connectivity index (χ0) is 13.8. The molecule has 0 N–H and O–H groups in total. The molecule has 2 aromatic rings. The minimum Gasteiger partial charge on any atom is -0.488 e. The van der Waals surface area contributed by atoms with Gasteiger partial charge in [-0.1, -0.05) is 18.2 Å². The van der Waals surface area contributed by atoms with Crippen molar-refractivity contribution in [2.45, 2.75) is 12.5 Å². The predicted molar refractivity (Wildman–Crippen MR) is 82.1 cm³/mol. The number of halogens is 4. The number of hydrogen-bond acceptors (Lipinski definition) is 1. The maximum Gasteiger partial charge on any atom is 0.137 e. The van der Waals surface area contributed by atoms with Crippen molar-refractivity contribution in [2.24, 2.45) is 0 Å². The van der Waals surface area contributed by atoms with E-state index in [-0.39, 0.29) is 12.4 Å². The molecule has 0 bridgehead atoms. The Hall–Kier alpha value is -0.580. The first-order chi connectivity index (χ1) is 9.11. The molecule has 0 atom stereocenters. The minimum atomic E-state index is -0.294. The van der Waals surface area contributed by atoms with Crippen LogP contribution in [0, 0.1) is 5.82 Å². The second-order valence-electron chi connectivity index (χ2n) is 3.90. The van der Waals surface area contributed by atoms with E-state index in [2.05, 4.69) is 31.9 Å². The highest BCUT2D eigenvalue weighted by molar-refractivity contribution is 9.10. The molecule has 0 fully saturated rings. The zero-order valence-electron chi connectivity index (χ0n) is 9.80. The monoisotopic (exact) mass is 406 g/mol. The standard InChI is InChI=1S/C14H10Br2ClFO/c15-11-6-9(7-17)4-5-13(11)19-8-10-2-1-3-12(18)14(10)16/h1-6H,7-8H2. The molecule has 0 amide bonds. The van der Waals surface area contributed by atoms with Gasteiger partial charge in [-0.15, -0.1) is 11.6 Å². The molecule has 100 valence electrons. The Labute approximate surface area is 133 Å². The number of hydrogen-bond donors (Lipinski definition) is 0. The van der Waals surface area contributed by atoms with Crippen LogP contribution in [-0.2, 0) is 12.5 Å². The van der Waals surface area contributed by atoms with Gasteiger partial charge in [0.1, 0.15) is 18.2 Å². The topological polar surface area (TPSA) is 9.23 Å². The fourth-order valence-electron chi connectivity index (χ4n) is 1.56. The summed E-state index contributed by atoms with van der Waals surface area (Å²) < 4.78 is 20.3. The largest absolute Gasteiger partial charge is 0.488 e. The Morgan fingerprint density at radius 1 is 1.16 bits per heavy atom. The molecule has 19 heavy (non-hydrogen) atoms. The van der Waals surface area contributed by atoms with Gasteiger partial charge in [0.2, 0.25) is 0 Å². The molecule has 0 aliphatic rings. The Kier molecular flexibility index (Phi) is 5.25. The third-order valence-corrected chi connectivity index (χ3v) is 4.38. The van der Waals surface area contributed by atoms with Crippen LogP contribution in [-0.4, -0.2) is 0 Å². The van der Waals surface area contributed by atoms with Crippen molar-refractivity contribution in [1.82, 2.24) is 0 Å². The van der Waals surface area contributed by atoms with E-state index in [9.17, 15) is 4.39 Å². The smallest absolute Gasteiger partial charge is 0.137 e. The Morgan fingerprint density at radius 3 is 2.63 bits per heavy atom. The number of benzene rings is 2. The summed E-state index contributed by atoms with van der Waals surface area (Å²) in [5.74, 6) is 0.858. The maximum absolute atomic E-state index is 13.4. The van der Waals surface area contributed by atoms with Crippen LogP contribution in [0.3, 0.4) is 0 Å². The van der Waals surface area contributed by atoms with E-state index in [1.165, 1.54) is 6.07 Å². The molecule has 0 saturated carbocycles. The Balaban J connectivity index is 2.12. The van der Waals surface area contributed by atoms with Gasteiger partial charge < -0.3 is 4.74 Å². The van der Waals surface area contributed by atoms with Gasteiger partial charge in [0.05, 0.1) is 8.95 Å². The molecule has 0 unspecified atom stereocenters. The van der Waals surface area contributed by atoms with Crippen molar-refractivity contribution in [1.29, 1.82) is 0 Å². The highest BCUT2D eigenvalue weighted by atomic mass is 79.9. The highest BCUT2D eigenvalue weighted by Gasteiger charge is 2.07. The molecule has 0 saturated heterocycles. The summed E-state index contributed by atoms with van der Waals surface area (Å²) in [6.07, 6.45) is 0. The van der Waals surface area contributed by atoms with E-state index in [1.54, 1.807) is 6.07 Å². The van der Waals surface area contributed by atoms with Crippen LogP contribution < -0.4 is 4.74 Å². The predicted octanol–water partition coefficient (Wildman–Crippen LogP) is 5.67. The van der Waals surface area contributed by atoms with Gasteiger partial charge in [-0.05, 0) is 55.6 Å². The SMILES string of the molecule is Fc1cccc(COc2ccc(CCl)cc2Br)c1Br. The number of rotatable bonds is 4. The van der Waals surface area contributed by atoms with Gasteiger partial charge in [0, 0.05) is 11.4 Å². The fourth-order valence-corrected chi connectivity index (χ4v) is 2.65. The second-order valence-corrected chi connectivity index (χ2v) is 5.81. The van der Waals surface area contributed by atoms with Crippen molar-refractivity contribution in [3.63, 3.8) is 0 Å². The summed E-state index contributed by atoms with van der Waals surface area (Å²) in [5.41, 5.74) is 1.76. The average molecular weight is 408 g/mol. The molecule has 5 heteroatoms. The van der Waals surface area contributed by atoms with Crippen LogP contribution in [0.25, 0.3) is 0 Å². The molecule has 1 nitrogen and oxygen atoms in total. The van der Waals surface area contributed by atoms with Gasteiger partial charge in [-0.3, -0.25) is 0 Å². The molecule has 2 aromatic carbocycles. The summed E-state index contributed by atoms with van der Waals surface area (Å²) in [6, 6.07) is 10.5. The summed E-state index contributed by atoms with van der Waals surface area (Å²) in [5, 5.41) is 0. The summed E-state index contributed by atoms with van der Waals surface area (Å²) in [6.45, 7) is 0.289. The molecule has 0 radical (unpaired) electrons. The van der Waals surface area contributed by atoms with Crippen LogP contribution in [0.1, 0.15) is 11.1 Å². The van der Waals surface area contributed by atoms with Crippen molar-refractivity contribution >= 4 is 43.5 Å². The van der Waals surface area contributed by atoms with Gasteiger partial charge in [-0.25, -0.2) is 4.39 Å². The van der Waals surface area contributed by atoms with E-state index in [0.29, 0.717) is 16.1 Å². The molecule has 2 rings (SSSR count). The van der Waals surface area contributed by atoms with Gasteiger partial charge >= 0.3 is 0 Å². The lowest BCUT2D eigenvalue weighted by molar-refractivity contribution is 0.302. The van der Waals surface area contributed by atoms with Gasteiger partial charge in [0.15, 0.2) is 0 Å². The molecule has 0 aliphatic heterocycles. The van der Waals surface area contributed by atoms with Crippen LogP contribution in [0.4, 0.5) is 4.39 Å². The Morgan fingerprint density at radius 2 is 1.95 bits per heavy atom. The third kappa shape index (κ3) is 3.71. The van der Waals surface area contributed by atoms with Gasteiger partial charge in [-0.2, -0.15) is 0 Å². The molecular weight excluding hydrogens is 398 g/mol. The molecule has 0 spiro atoms. The van der Waals surface area contributed by atoms with Crippen molar-refractivity contribution in [3.8, 4) is 5.75 Å². The van der Waals surface area contributed by atoms with Crippen LogP contribution in [0.5, 0.6) is 5.75 Å². The van der Waals surface area contributed by atoms with Gasteiger partial charge in [0.25, 0.3) is 0 Å². The van der Waals surface area contributed by atoms with E-state index in [0.717, 1.165) is 15.6 Å². The van der Waals surface area contributed by atoms with Crippen LogP contribution in [0.15, 0.2) is 45.3 Å². The first-order valence-corrected chi connectivity index (χ1v) is 7.64. The summed E-state index contributed by atoms with van der Waals surface area (Å²) in [4.78, 5) is 0. The molecule has 0 aromatic heterocycles. The minimum absolute atomic E-state index is 0.289. The zero-order valence-corrected chi connectivity index (χ0v) is 13.7. The first-order valence-electron chi connectivity index (χ1n) is 5.52. The molecular formula is C14H10Br2ClFO. The lowest BCUT2D eigenvalue weighted by atomic mass is 10.2. The van der Waals surface area contributed by atoms with E-state index >= 15 is 0 Å². The average Bonchev–Trinajstić information content (AvgIpc) is 2.41. The molecule has 0 aliphatic carbocycles. The lowest BCUT2D eigenvalue weighted by Gasteiger charge is -2.10. The second kappa shape index (κ2) is 6.73. The van der Waals surface area contributed by atoms with Crippen molar-refractivity contribution in [3.05, 3.63) is 62.3 Å². The summed E-state index contributed by atoms with van der Waals surface area (Å²) >= 11 is 12.4. The first kappa shape index (κ1) is 14.8. The highest BCUT2D eigenvalue weighted by Crippen LogP contribution is 2.28. The quantitative estimate of drug-likeness (QED) is 0.593. The Bertz CT molecular complexity index is 590. The van der Waals surface area contributed by atoms with E-state index < -0.39 is 0 Å². The summed E-state index contributed by atoms with van der Waals surface area (Å²) in [7, 11) is 0. The van der Waals surface area contributed by atoms with Crippen LogP contribution >= 0.6 is 43.5 Å². The third-order valence-electron chi connectivity index (χ3n) is 2.57. The van der Waals surface area contributed by atoms with Crippen molar-refractivity contribution in [2.75, 3.05) is 0 Å². The molecule has 0 heterocycles. The normalized spacial score (nSPS) is 10.5. The lowest BCUT2D eigenvalue weighted by Crippen LogP contribution is -1.98. The number of ether oxygens (including phenoxy) is 1. The van der Waals surface area contributed by atoms with Crippen molar-refractivity contribution < 1.29 is 9.13 Å². The van der Waals surface area contributed by atoms with E-state index in [4.69, 9.17) is 16.3 Å². The fraction of sp³-hybridized carbons (Fsp3) is 0.143. The van der Waals surface area contributed by atoms with Crippen LogP contribution in [0.2, 0.25) is 0 Å². The maximum atomic E-state index is 13.4. The number of alkyl halides is 1. The van der Waals surface area contributed by atoms with E-state index in [1.807, 2.05) is 24.3 Å².